The van der Waals surface area contributed by atoms with E-state index in [4.69, 9.17) is 16.3 Å². The van der Waals surface area contributed by atoms with Gasteiger partial charge in [0.25, 0.3) is 0 Å². The monoisotopic (exact) mass is 239 g/mol. The number of aromatic hydroxyl groups is 1. The number of methoxy groups -OCH3 is 1. The summed E-state index contributed by atoms with van der Waals surface area (Å²) >= 11 is 5.90. The predicted molar refractivity (Wildman–Crippen MR) is 60.4 cm³/mol. The van der Waals surface area contributed by atoms with Crippen LogP contribution in [0.2, 0.25) is 5.15 Å². The fourth-order valence-electron chi connectivity index (χ4n) is 1.46. The third-order valence-electron chi connectivity index (χ3n) is 2.27. The van der Waals surface area contributed by atoms with E-state index in [1.54, 1.807) is 18.2 Å². The fraction of sp³-hybridized carbons (Fsp3) is 0.182. The average Bonchev–Trinajstić information content (AvgIpc) is 2.28. The Morgan fingerprint density at radius 2 is 2.12 bits per heavy atom. The Kier molecular flexibility index (Phi) is 2.96. The van der Waals surface area contributed by atoms with Crippen molar-refractivity contribution in [3.8, 4) is 5.75 Å². The zero-order valence-electron chi connectivity index (χ0n) is 8.51. The van der Waals surface area contributed by atoms with E-state index in [2.05, 4.69) is 4.98 Å². The number of nitrogens with zero attached hydrogens (tertiary/aromatic N) is 1. The van der Waals surface area contributed by atoms with Crippen LogP contribution in [0, 0.1) is 0 Å². The smallest absolute Gasteiger partial charge is 0.183 e. The first-order valence-electron chi connectivity index (χ1n) is 4.62. The van der Waals surface area contributed by atoms with Crippen molar-refractivity contribution in [1.82, 2.24) is 4.98 Å². The average molecular weight is 240 g/mol. The van der Waals surface area contributed by atoms with Gasteiger partial charge in [-0.2, -0.15) is 0 Å². The summed E-state index contributed by atoms with van der Waals surface area (Å²) in [6.07, 6.45) is -1.12. The maximum Gasteiger partial charge on any atom is 0.183 e. The maximum atomic E-state index is 9.53. The van der Waals surface area contributed by atoms with Crippen LogP contribution >= 0.6 is 11.6 Å². The van der Waals surface area contributed by atoms with Crippen LogP contribution in [-0.4, -0.2) is 22.3 Å². The molecule has 1 aromatic carbocycles. The summed E-state index contributed by atoms with van der Waals surface area (Å²) in [5, 5.41) is 19.7. The van der Waals surface area contributed by atoms with Gasteiger partial charge >= 0.3 is 0 Å². The van der Waals surface area contributed by atoms with Crippen LogP contribution in [0.1, 0.15) is 11.9 Å². The zero-order chi connectivity index (χ0) is 11.7. The number of phenolic OH excluding ortho intramolecular Hbond substituents is 1. The van der Waals surface area contributed by atoms with Gasteiger partial charge in [-0.25, -0.2) is 4.98 Å². The van der Waals surface area contributed by atoms with E-state index in [0.717, 1.165) is 0 Å². The third-order valence-corrected chi connectivity index (χ3v) is 2.57. The molecule has 16 heavy (non-hydrogen) atoms. The Hall–Kier alpha value is -1.36. The van der Waals surface area contributed by atoms with Gasteiger partial charge in [0.2, 0.25) is 0 Å². The molecule has 0 aliphatic rings. The number of hydrogen-bond acceptors (Lipinski definition) is 4. The van der Waals surface area contributed by atoms with Crippen molar-refractivity contribution in [3.05, 3.63) is 35.0 Å². The molecule has 0 aliphatic carbocycles. The first-order valence-corrected chi connectivity index (χ1v) is 4.99. The number of halogens is 1. The van der Waals surface area contributed by atoms with Crippen LogP contribution in [0.3, 0.4) is 0 Å². The summed E-state index contributed by atoms with van der Waals surface area (Å²) in [7, 11) is 1.37. The molecule has 0 aliphatic heterocycles. The van der Waals surface area contributed by atoms with E-state index in [9.17, 15) is 10.2 Å². The molecule has 0 fully saturated rings. The van der Waals surface area contributed by atoms with Crippen molar-refractivity contribution in [3.63, 3.8) is 0 Å². The van der Waals surface area contributed by atoms with Crippen LogP contribution in [0.5, 0.6) is 5.75 Å². The highest BCUT2D eigenvalue weighted by molar-refractivity contribution is 6.30. The van der Waals surface area contributed by atoms with Gasteiger partial charge in [0.05, 0.1) is 5.52 Å². The lowest BCUT2D eigenvalue weighted by atomic mass is 10.1. The summed E-state index contributed by atoms with van der Waals surface area (Å²) in [5.41, 5.74) is 1.03. The second kappa shape index (κ2) is 4.25. The predicted octanol–water partition coefficient (Wildman–Crippen LogP) is 2.23. The van der Waals surface area contributed by atoms with Gasteiger partial charge < -0.3 is 14.9 Å². The van der Waals surface area contributed by atoms with E-state index in [1.165, 1.54) is 13.2 Å². The highest BCUT2D eigenvalue weighted by Gasteiger charge is 2.13. The molecule has 1 atom stereocenters. The van der Waals surface area contributed by atoms with Crippen molar-refractivity contribution < 1.29 is 14.9 Å². The molecule has 0 radical (unpaired) electrons. The van der Waals surface area contributed by atoms with E-state index in [-0.39, 0.29) is 10.9 Å². The number of rotatable bonds is 2. The van der Waals surface area contributed by atoms with Gasteiger partial charge in [-0.1, -0.05) is 11.6 Å². The molecule has 1 heterocycles. The number of benzene rings is 1. The molecule has 2 N–H and O–H groups in total. The molecule has 2 rings (SSSR count). The van der Waals surface area contributed by atoms with Crippen LogP contribution in [0.4, 0.5) is 0 Å². The number of aromatic nitrogens is 1. The molecular formula is C11H10ClNO3. The molecule has 5 heteroatoms. The summed E-state index contributed by atoms with van der Waals surface area (Å²) in [4.78, 5) is 4.10. The van der Waals surface area contributed by atoms with Gasteiger partial charge in [-0.3, -0.25) is 0 Å². The van der Waals surface area contributed by atoms with Crippen LogP contribution in [0.15, 0.2) is 24.3 Å². The van der Waals surface area contributed by atoms with Crippen molar-refractivity contribution >= 4 is 22.5 Å². The lowest BCUT2D eigenvalue weighted by Gasteiger charge is -2.11. The van der Waals surface area contributed by atoms with E-state index < -0.39 is 6.29 Å². The first-order chi connectivity index (χ1) is 7.61. The number of fused-ring (bicyclic) bond motifs is 1. The van der Waals surface area contributed by atoms with Crippen molar-refractivity contribution in [1.29, 1.82) is 0 Å². The summed E-state index contributed by atoms with van der Waals surface area (Å²) in [5.74, 6) is 0.134. The first kappa shape index (κ1) is 11.1. The van der Waals surface area contributed by atoms with Gasteiger partial charge in [0.15, 0.2) is 6.29 Å². The van der Waals surface area contributed by atoms with Crippen LogP contribution < -0.4 is 0 Å². The Labute approximate surface area is 97.1 Å². The molecule has 84 valence electrons. The summed E-state index contributed by atoms with van der Waals surface area (Å²) < 4.78 is 4.76. The molecule has 1 aromatic heterocycles. The quantitative estimate of drug-likeness (QED) is 0.623. The Bertz CT molecular complexity index is 530. The second-order valence-corrected chi connectivity index (χ2v) is 3.69. The third kappa shape index (κ3) is 1.95. The number of aliphatic hydroxyl groups excluding tert-OH is 1. The lowest BCUT2D eigenvalue weighted by Crippen LogP contribution is -2.01. The normalized spacial score (nSPS) is 12.9. The minimum Gasteiger partial charge on any atom is -0.508 e. The number of aliphatic hydroxyl groups is 1. The Balaban J connectivity index is 2.64. The maximum absolute atomic E-state index is 9.53. The summed E-state index contributed by atoms with van der Waals surface area (Å²) in [6.45, 7) is 0. The lowest BCUT2D eigenvalue weighted by molar-refractivity contribution is -0.0769. The largest absolute Gasteiger partial charge is 0.508 e. The van der Waals surface area contributed by atoms with Gasteiger partial charge in [-0.05, 0) is 24.3 Å². The molecule has 4 nitrogen and oxygen atoms in total. The fourth-order valence-corrected chi connectivity index (χ4v) is 1.70. The van der Waals surface area contributed by atoms with Crippen LogP contribution in [-0.2, 0) is 4.74 Å². The van der Waals surface area contributed by atoms with Crippen molar-refractivity contribution in [2.75, 3.05) is 7.11 Å². The molecule has 2 aromatic rings. The van der Waals surface area contributed by atoms with Crippen molar-refractivity contribution in [2.45, 2.75) is 6.29 Å². The number of phenols is 1. The SMILES string of the molecule is COC(O)c1cc2cc(O)ccc2nc1Cl. The molecule has 0 saturated heterocycles. The minimum atomic E-state index is -1.12. The number of ether oxygens (including phenoxy) is 1. The molecule has 0 bridgehead atoms. The minimum absolute atomic E-state index is 0.134. The standard InChI is InChI=1S/C11H10ClNO3/c1-16-11(15)8-5-6-4-7(14)2-3-9(6)13-10(8)12/h2-5,11,14-15H,1H3. The van der Waals surface area contributed by atoms with Gasteiger partial charge in [0, 0.05) is 18.1 Å². The molecule has 1 unspecified atom stereocenters. The number of hydrogen-bond donors (Lipinski definition) is 2. The van der Waals surface area contributed by atoms with E-state index in [0.29, 0.717) is 16.5 Å². The van der Waals surface area contributed by atoms with Gasteiger partial charge in [0.1, 0.15) is 10.9 Å². The number of pyridine rings is 1. The van der Waals surface area contributed by atoms with E-state index >= 15 is 0 Å². The van der Waals surface area contributed by atoms with Gasteiger partial charge in [-0.15, -0.1) is 0 Å². The summed E-state index contributed by atoms with van der Waals surface area (Å²) in [6, 6.07) is 6.36. The Morgan fingerprint density at radius 3 is 2.81 bits per heavy atom. The van der Waals surface area contributed by atoms with Crippen LogP contribution in [0.25, 0.3) is 10.9 Å². The molecular weight excluding hydrogens is 230 g/mol. The highest BCUT2D eigenvalue weighted by atomic mass is 35.5. The second-order valence-electron chi connectivity index (χ2n) is 3.33. The highest BCUT2D eigenvalue weighted by Crippen LogP contribution is 2.27. The zero-order valence-corrected chi connectivity index (χ0v) is 9.27. The topological polar surface area (TPSA) is 62.6 Å². The molecule has 0 amide bonds. The van der Waals surface area contributed by atoms with E-state index in [1.807, 2.05) is 0 Å². The Morgan fingerprint density at radius 1 is 1.38 bits per heavy atom. The van der Waals surface area contributed by atoms with Crippen molar-refractivity contribution in [2.24, 2.45) is 0 Å². The molecule has 0 saturated carbocycles. The molecule has 0 spiro atoms.